The third-order valence-electron chi connectivity index (χ3n) is 8.67. The zero-order chi connectivity index (χ0) is 30.3. The lowest BCUT2D eigenvalue weighted by molar-refractivity contribution is 0.132. The maximum atomic E-state index is 13.0. The number of carbonyl (C=O) groups excluding carboxylic acids is 1. The van der Waals surface area contributed by atoms with Gasteiger partial charge in [-0.25, -0.2) is 9.48 Å². The molecule has 1 aliphatic heterocycles. The number of carbonyl (C=O) groups is 1. The average molecular weight is 613 g/mol. The van der Waals surface area contributed by atoms with E-state index in [2.05, 4.69) is 74.9 Å². The van der Waals surface area contributed by atoms with Crippen molar-refractivity contribution in [2.75, 3.05) is 37.7 Å². The summed E-state index contributed by atoms with van der Waals surface area (Å²) in [6, 6.07) is 26.3. The molecule has 1 saturated heterocycles. The number of nitrogens with zero attached hydrogens (tertiary/aromatic N) is 5. The first-order valence-electron chi connectivity index (χ1n) is 15.7. The van der Waals surface area contributed by atoms with Crippen molar-refractivity contribution in [3.63, 3.8) is 0 Å². The van der Waals surface area contributed by atoms with Gasteiger partial charge < -0.3 is 15.0 Å². The summed E-state index contributed by atoms with van der Waals surface area (Å²) in [5.74, 6) is 0.502. The minimum Gasteiger partial charge on any atom is -0.449 e. The molecule has 0 radical (unpaired) electrons. The molecule has 1 aromatic heterocycles. The highest BCUT2D eigenvalue weighted by Gasteiger charge is 2.29. The minimum absolute atomic E-state index is 0.157. The lowest BCUT2D eigenvalue weighted by Crippen LogP contribution is -2.46. The summed E-state index contributed by atoms with van der Waals surface area (Å²) in [5, 5.41) is 13.2. The average Bonchev–Trinajstić information content (AvgIpc) is 3.77. The minimum atomic E-state index is -0.371. The Morgan fingerprint density at radius 2 is 1.64 bits per heavy atom. The van der Waals surface area contributed by atoms with E-state index < -0.39 is 0 Å². The summed E-state index contributed by atoms with van der Waals surface area (Å²) in [5.41, 5.74) is 5.69. The maximum Gasteiger partial charge on any atom is 0.407 e. The Balaban J connectivity index is 1.18. The number of aromatic nitrogens is 3. The maximum absolute atomic E-state index is 13.0. The highest BCUT2D eigenvalue weighted by atomic mass is 35.5. The first-order chi connectivity index (χ1) is 21.5. The van der Waals surface area contributed by atoms with Crippen molar-refractivity contribution in [2.45, 2.75) is 51.2 Å². The van der Waals surface area contributed by atoms with Crippen LogP contribution in [0.2, 0.25) is 5.02 Å². The first kappa shape index (κ1) is 30.2. The van der Waals surface area contributed by atoms with Crippen molar-refractivity contribution < 1.29 is 9.53 Å². The second kappa shape index (κ2) is 14.3. The quantitative estimate of drug-likeness (QED) is 0.209. The summed E-state index contributed by atoms with van der Waals surface area (Å²) in [4.78, 5) is 17.8. The molecular weight excluding hydrogens is 572 g/mol. The van der Waals surface area contributed by atoms with Crippen LogP contribution in [-0.4, -0.2) is 64.8 Å². The summed E-state index contributed by atoms with van der Waals surface area (Å²) in [6.07, 6.45) is 5.29. The molecule has 1 aliphatic carbocycles. The molecular formula is C35H41ClN6O2. The molecule has 1 amide bonds. The molecule has 3 aromatic carbocycles. The van der Waals surface area contributed by atoms with Gasteiger partial charge in [0.2, 0.25) is 0 Å². The molecule has 8 nitrogen and oxygen atoms in total. The molecule has 0 spiro atoms. The molecule has 1 saturated carbocycles. The standard InChI is InChI=1S/C35H41ClN6O2/c1-26-12-15-30(36)22-33(26)41-18-16-40(17-19-41)23-31-24-42(39-38-31)34(21-28-10-6-3-7-11-28)32(20-27-8-4-2-5-9-27)37-35(43)44-25-29-13-14-29/h2-12,15,22,24,29,32,34H,13-14,16-21,23,25H2,1H3,(H,37,43)/t32-,34-/m0/s1. The Kier molecular flexibility index (Phi) is 9.78. The van der Waals surface area contributed by atoms with Gasteiger partial charge in [0.1, 0.15) is 0 Å². The number of nitrogens with one attached hydrogen (secondary N) is 1. The number of piperazine rings is 1. The van der Waals surface area contributed by atoms with Crippen molar-refractivity contribution in [1.29, 1.82) is 0 Å². The van der Waals surface area contributed by atoms with Crippen LogP contribution in [0.1, 0.15) is 41.3 Å². The van der Waals surface area contributed by atoms with Crippen molar-refractivity contribution >= 4 is 23.4 Å². The fourth-order valence-corrected chi connectivity index (χ4v) is 6.11. The van der Waals surface area contributed by atoms with Crippen LogP contribution in [0.3, 0.4) is 0 Å². The van der Waals surface area contributed by atoms with E-state index in [1.165, 1.54) is 16.8 Å². The summed E-state index contributed by atoms with van der Waals surface area (Å²) < 4.78 is 7.56. The predicted octanol–water partition coefficient (Wildman–Crippen LogP) is 6.09. The Morgan fingerprint density at radius 3 is 2.32 bits per heavy atom. The SMILES string of the molecule is Cc1ccc(Cl)cc1N1CCN(Cc2cn([C@@H](Cc3ccccc3)[C@H](Cc3ccccc3)NC(=O)OCC3CC3)nn2)CC1. The zero-order valence-corrected chi connectivity index (χ0v) is 26.1. The van der Waals surface area contributed by atoms with Crippen LogP contribution in [0.15, 0.2) is 85.1 Å². The van der Waals surface area contributed by atoms with Gasteiger partial charge in [-0.05, 0) is 67.3 Å². The molecule has 2 aliphatic rings. The number of anilines is 1. The smallest absolute Gasteiger partial charge is 0.407 e. The number of benzene rings is 3. The van der Waals surface area contributed by atoms with Gasteiger partial charge in [-0.15, -0.1) is 5.10 Å². The molecule has 6 rings (SSSR count). The van der Waals surface area contributed by atoms with Crippen molar-refractivity contribution in [1.82, 2.24) is 25.2 Å². The van der Waals surface area contributed by atoms with Crippen LogP contribution in [0, 0.1) is 12.8 Å². The van der Waals surface area contributed by atoms with Crippen LogP contribution >= 0.6 is 11.6 Å². The topological polar surface area (TPSA) is 75.5 Å². The van der Waals surface area contributed by atoms with Gasteiger partial charge in [-0.3, -0.25) is 4.90 Å². The molecule has 0 bridgehead atoms. The highest BCUT2D eigenvalue weighted by molar-refractivity contribution is 6.30. The normalized spacial score (nSPS) is 16.8. The van der Waals surface area contributed by atoms with Gasteiger partial charge in [-0.2, -0.15) is 0 Å². The predicted molar refractivity (Wildman–Crippen MR) is 174 cm³/mol. The molecule has 2 heterocycles. The van der Waals surface area contributed by atoms with E-state index in [1.54, 1.807) is 0 Å². The molecule has 2 atom stereocenters. The van der Waals surface area contributed by atoms with E-state index in [0.717, 1.165) is 61.8 Å². The van der Waals surface area contributed by atoms with Crippen LogP contribution in [0.25, 0.3) is 0 Å². The number of hydrogen-bond acceptors (Lipinski definition) is 6. The third-order valence-corrected chi connectivity index (χ3v) is 8.90. The van der Waals surface area contributed by atoms with E-state index in [1.807, 2.05) is 47.1 Å². The molecule has 44 heavy (non-hydrogen) atoms. The second-order valence-electron chi connectivity index (χ2n) is 12.1. The van der Waals surface area contributed by atoms with E-state index in [0.29, 0.717) is 25.4 Å². The summed E-state index contributed by atoms with van der Waals surface area (Å²) >= 11 is 6.29. The van der Waals surface area contributed by atoms with Crippen molar-refractivity contribution in [3.8, 4) is 0 Å². The summed E-state index contributed by atoms with van der Waals surface area (Å²) in [6.45, 7) is 7.05. The lowest BCUT2D eigenvalue weighted by Gasteiger charge is -2.36. The van der Waals surface area contributed by atoms with Crippen LogP contribution in [0.4, 0.5) is 10.5 Å². The number of alkyl carbamates (subject to hydrolysis) is 1. The fraction of sp³-hybridized carbons (Fsp3) is 0.400. The molecule has 9 heteroatoms. The lowest BCUT2D eigenvalue weighted by atomic mass is 9.94. The van der Waals surface area contributed by atoms with E-state index >= 15 is 0 Å². The fourth-order valence-electron chi connectivity index (χ4n) is 5.95. The van der Waals surface area contributed by atoms with Gasteiger partial charge in [0, 0.05) is 43.4 Å². The zero-order valence-electron chi connectivity index (χ0n) is 25.3. The number of ether oxygens (including phenoxy) is 1. The Bertz CT molecular complexity index is 1500. The number of hydrogen-bond donors (Lipinski definition) is 1. The number of halogens is 1. The largest absolute Gasteiger partial charge is 0.449 e. The van der Waals surface area contributed by atoms with Gasteiger partial charge in [0.15, 0.2) is 0 Å². The third kappa shape index (κ3) is 8.18. The van der Waals surface area contributed by atoms with Gasteiger partial charge in [0.05, 0.1) is 30.6 Å². The number of amides is 1. The van der Waals surface area contributed by atoms with Gasteiger partial charge in [-0.1, -0.05) is 83.5 Å². The molecule has 4 aromatic rings. The van der Waals surface area contributed by atoms with E-state index in [4.69, 9.17) is 16.3 Å². The molecule has 0 unspecified atom stereocenters. The number of rotatable bonds is 12. The second-order valence-corrected chi connectivity index (χ2v) is 12.6. The van der Waals surface area contributed by atoms with Gasteiger partial charge in [0.25, 0.3) is 0 Å². The molecule has 1 N–H and O–H groups in total. The first-order valence-corrected chi connectivity index (χ1v) is 16.0. The Labute approximate surface area is 265 Å². The van der Waals surface area contributed by atoms with Crippen LogP contribution in [-0.2, 0) is 24.1 Å². The summed E-state index contributed by atoms with van der Waals surface area (Å²) in [7, 11) is 0. The van der Waals surface area contributed by atoms with E-state index in [-0.39, 0.29) is 18.2 Å². The molecule has 230 valence electrons. The molecule has 2 fully saturated rings. The Morgan fingerprint density at radius 1 is 0.955 bits per heavy atom. The van der Waals surface area contributed by atoms with Crippen LogP contribution in [0.5, 0.6) is 0 Å². The van der Waals surface area contributed by atoms with Crippen molar-refractivity contribution in [3.05, 3.63) is 112 Å². The monoisotopic (exact) mass is 612 g/mol. The van der Waals surface area contributed by atoms with Crippen molar-refractivity contribution in [2.24, 2.45) is 5.92 Å². The number of aryl methyl sites for hydroxylation is 1. The highest BCUT2D eigenvalue weighted by Crippen LogP contribution is 2.29. The Hall–Kier alpha value is -3.88. The van der Waals surface area contributed by atoms with Crippen LogP contribution < -0.4 is 10.2 Å². The van der Waals surface area contributed by atoms with E-state index in [9.17, 15) is 4.79 Å². The van der Waals surface area contributed by atoms with Gasteiger partial charge >= 0.3 is 6.09 Å².